The molecule has 0 fully saturated rings. The number of rotatable bonds is 5. The van der Waals surface area contributed by atoms with E-state index in [0.717, 1.165) is 15.6 Å². The van der Waals surface area contributed by atoms with Crippen LogP contribution in [0.5, 0.6) is 0 Å². The van der Waals surface area contributed by atoms with Crippen LogP contribution < -0.4 is 5.32 Å². The second kappa shape index (κ2) is 7.38. The van der Waals surface area contributed by atoms with Crippen LogP contribution in [0.25, 0.3) is 0 Å². The lowest BCUT2D eigenvalue weighted by molar-refractivity contribution is 0.0947. The highest BCUT2D eigenvalue weighted by Gasteiger charge is 2.15. The second-order valence-electron chi connectivity index (χ2n) is 4.94. The van der Waals surface area contributed by atoms with E-state index < -0.39 is 0 Å². The zero-order valence-electron chi connectivity index (χ0n) is 11.8. The van der Waals surface area contributed by atoms with E-state index in [1.807, 2.05) is 49.4 Å². The van der Waals surface area contributed by atoms with E-state index in [9.17, 15) is 9.90 Å². The van der Waals surface area contributed by atoms with Crippen LogP contribution in [0.2, 0.25) is 0 Å². The molecule has 3 nitrogen and oxygen atoms in total. The topological polar surface area (TPSA) is 49.3 Å². The van der Waals surface area contributed by atoms with Gasteiger partial charge in [0.05, 0.1) is 12.2 Å². The summed E-state index contributed by atoms with van der Waals surface area (Å²) < 4.78 is 0.808. The molecule has 4 heteroatoms. The number of carbonyl (C=O) groups excluding carboxylic acids is 1. The largest absolute Gasteiger partial charge is 0.396 e. The molecule has 110 valence electrons. The first-order chi connectivity index (χ1) is 10.1. The fourth-order valence-electron chi connectivity index (χ4n) is 2.15. The predicted molar refractivity (Wildman–Crippen MR) is 87.5 cm³/mol. The van der Waals surface area contributed by atoms with Crippen molar-refractivity contribution >= 4 is 21.8 Å². The third-order valence-corrected chi connectivity index (χ3v) is 4.49. The Morgan fingerprint density at radius 3 is 2.57 bits per heavy atom. The van der Waals surface area contributed by atoms with Crippen molar-refractivity contribution in [1.82, 2.24) is 5.32 Å². The summed E-state index contributed by atoms with van der Waals surface area (Å²) in [6.45, 7) is 2.35. The SMILES string of the molecule is Cc1cccc(C(=O)NC[C@@H](CO)c2ccccc2)c1Br. The molecule has 0 aliphatic heterocycles. The molecule has 1 atom stereocenters. The lowest BCUT2D eigenvalue weighted by atomic mass is 10.00. The van der Waals surface area contributed by atoms with Gasteiger partial charge >= 0.3 is 0 Å². The van der Waals surface area contributed by atoms with Crippen molar-refractivity contribution in [3.63, 3.8) is 0 Å². The highest BCUT2D eigenvalue weighted by molar-refractivity contribution is 9.10. The van der Waals surface area contributed by atoms with Gasteiger partial charge in [-0.1, -0.05) is 42.5 Å². The molecular weight excluding hydrogens is 330 g/mol. The quantitative estimate of drug-likeness (QED) is 0.871. The van der Waals surface area contributed by atoms with Gasteiger partial charge in [0.25, 0.3) is 5.91 Å². The average Bonchev–Trinajstić information content (AvgIpc) is 2.51. The maximum atomic E-state index is 12.2. The molecule has 0 radical (unpaired) electrons. The smallest absolute Gasteiger partial charge is 0.252 e. The van der Waals surface area contributed by atoms with E-state index in [1.54, 1.807) is 6.07 Å². The van der Waals surface area contributed by atoms with Gasteiger partial charge in [-0.25, -0.2) is 0 Å². The molecule has 0 saturated heterocycles. The first-order valence-corrected chi connectivity index (χ1v) is 7.62. The Bertz CT molecular complexity index is 613. The minimum atomic E-state index is -0.139. The van der Waals surface area contributed by atoms with Crippen LogP contribution in [0.15, 0.2) is 53.0 Å². The third kappa shape index (κ3) is 3.93. The summed E-state index contributed by atoms with van der Waals surface area (Å²) in [6, 6.07) is 15.3. The highest BCUT2D eigenvalue weighted by Crippen LogP contribution is 2.21. The van der Waals surface area contributed by atoms with Gasteiger partial charge in [0.2, 0.25) is 0 Å². The molecule has 0 aromatic heterocycles. The van der Waals surface area contributed by atoms with Crippen molar-refractivity contribution in [3.8, 4) is 0 Å². The number of nitrogens with one attached hydrogen (secondary N) is 1. The Labute approximate surface area is 133 Å². The van der Waals surface area contributed by atoms with Gasteiger partial charge in [-0.3, -0.25) is 4.79 Å². The number of halogens is 1. The fraction of sp³-hybridized carbons (Fsp3) is 0.235. The molecule has 2 N–H and O–H groups in total. The normalized spacial score (nSPS) is 12.0. The number of aliphatic hydroxyl groups excluding tert-OH is 1. The van der Waals surface area contributed by atoms with Crippen molar-refractivity contribution in [1.29, 1.82) is 0 Å². The number of hydrogen-bond acceptors (Lipinski definition) is 2. The van der Waals surface area contributed by atoms with Crippen LogP contribution >= 0.6 is 15.9 Å². The number of carbonyl (C=O) groups is 1. The molecule has 2 aromatic carbocycles. The first kappa shape index (κ1) is 15.7. The molecule has 0 saturated carbocycles. The average molecular weight is 348 g/mol. The third-order valence-electron chi connectivity index (χ3n) is 3.44. The molecule has 21 heavy (non-hydrogen) atoms. The van der Waals surface area contributed by atoms with E-state index >= 15 is 0 Å². The molecular formula is C17H18BrNO2. The van der Waals surface area contributed by atoms with Crippen molar-refractivity contribution in [2.24, 2.45) is 0 Å². The monoisotopic (exact) mass is 347 g/mol. The maximum absolute atomic E-state index is 12.2. The van der Waals surface area contributed by atoms with Crippen LogP contribution in [0.1, 0.15) is 27.4 Å². The molecule has 0 heterocycles. The van der Waals surface area contributed by atoms with E-state index in [0.29, 0.717) is 12.1 Å². The Kier molecular flexibility index (Phi) is 5.53. The minimum Gasteiger partial charge on any atom is -0.396 e. The van der Waals surface area contributed by atoms with Gasteiger partial charge in [-0.05, 0) is 40.0 Å². The number of benzene rings is 2. The van der Waals surface area contributed by atoms with Gasteiger partial charge in [0.1, 0.15) is 0 Å². The molecule has 2 rings (SSSR count). The van der Waals surface area contributed by atoms with Crippen LogP contribution in [-0.2, 0) is 0 Å². The van der Waals surface area contributed by atoms with E-state index in [4.69, 9.17) is 0 Å². The Balaban J connectivity index is 2.05. The lowest BCUT2D eigenvalue weighted by Crippen LogP contribution is -2.30. The Hall–Kier alpha value is -1.65. The highest BCUT2D eigenvalue weighted by atomic mass is 79.9. The second-order valence-corrected chi connectivity index (χ2v) is 5.73. The minimum absolute atomic E-state index is 0.000714. The van der Waals surface area contributed by atoms with Crippen LogP contribution in [0.4, 0.5) is 0 Å². The number of amides is 1. The molecule has 0 bridgehead atoms. The Morgan fingerprint density at radius 1 is 1.19 bits per heavy atom. The Morgan fingerprint density at radius 2 is 1.90 bits per heavy atom. The van der Waals surface area contributed by atoms with Crippen molar-refractivity contribution < 1.29 is 9.90 Å². The van der Waals surface area contributed by atoms with Gasteiger partial charge in [-0.2, -0.15) is 0 Å². The zero-order valence-corrected chi connectivity index (χ0v) is 13.4. The van der Waals surface area contributed by atoms with Crippen LogP contribution in [-0.4, -0.2) is 24.2 Å². The van der Waals surface area contributed by atoms with Gasteiger partial charge < -0.3 is 10.4 Å². The summed E-state index contributed by atoms with van der Waals surface area (Å²) in [5, 5.41) is 12.4. The fourth-order valence-corrected chi connectivity index (χ4v) is 2.59. The lowest BCUT2D eigenvalue weighted by Gasteiger charge is -2.16. The summed E-state index contributed by atoms with van der Waals surface area (Å²) in [6.07, 6.45) is 0. The number of aliphatic hydroxyl groups is 1. The number of hydrogen-bond donors (Lipinski definition) is 2. The zero-order chi connectivity index (χ0) is 15.2. The summed E-state index contributed by atoms with van der Waals surface area (Å²) in [5.41, 5.74) is 2.65. The van der Waals surface area contributed by atoms with E-state index in [-0.39, 0.29) is 18.4 Å². The summed E-state index contributed by atoms with van der Waals surface area (Å²) in [5.74, 6) is -0.237. The molecule has 0 aliphatic rings. The number of aryl methyl sites for hydroxylation is 1. The summed E-state index contributed by atoms with van der Waals surface area (Å²) in [7, 11) is 0. The maximum Gasteiger partial charge on any atom is 0.252 e. The first-order valence-electron chi connectivity index (χ1n) is 6.82. The summed E-state index contributed by atoms with van der Waals surface area (Å²) >= 11 is 3.44. The van der Waals surface area contributed by atoms with Crippen LogP contribution in [0, 0.1) is 6.92 Å². The molecule has 2 aromatic rings. The molecule has 0 aliphatic carbocycles. The van der Waals surface area contributed by atoms with Gasteiger partial charge in [0, 0.05) is 16.9 Å². The van der Waals surface area contributed by atoms with Crippen molar-refractivity contribution in [2.75, 3.05) is 13.2 Å². The van der Waals surface area contributed by atoms with E-state index in [2.05, 4.69) is 21.2 Å². The van der Waals surface area contributed by atoms with Gasteiger partial charge in [0.15, 0.2) is 0 Å². The molecule has 1 amide bonds. The molecule has 0 unspecified atom stereocenters. The predicted octanol–water partition coefficient (Wildman–Crippen LogP) is 3.26. The van der Waals surface area contributed by atoms with Gasteiger partial charge in [-0.15, -0.1) is 0 Å². The molecule has 0 spiro atoms. The summed E-state index contributed by atoms with van der Waals surface area (Å²) in [4.78, 5) is 12.2. The van der Waals surface area contributed by atoms with Crippen molar-refractivity contribution in [3.05, 3.63) is 69.7 Å². The standard InChI is InChI=1S/C17H18BrNO2/c1-12-6-5-9-15(16(12)18)17(21)19-10-14(11-20)13-7-3-2-4-8-13/h2-9,14,20H,10-11H2,1H3,(H,19,21)/t14-/m0/s1. The van der Waals surface area contributed by atoms with E-state index in [1.165, 1.54) is 0 Å². The van der Waals surface area contributed by atoms with Crippen LogP contribution in [0.3, 0.4) is 0 Å². The van der Waals surface area contributed by atoms with Crippen molar-refractivity contribution in [2.45, 2.75) is 12.8 Å².